The quantitative estimate of drug-likeness (QED) is 0.0749. The van der Waals surface area contributed by atoms with Gasteiger partial charge in [-0.05, 0) is 56.5 Å². The predicted molar refractivity (Wildman–Crippen MR) is 197 cm³/mol. The molecular formula is C40H48N3O8+. The van der Waals surface area contributed by atoms with Crippen molar-refractivity contribution >= 4 is 46.1 Å². The second kappa shape index (κ2) is 17.6. The Hall–Kier alpha value is -5.32. The number of anilines is 1. The third-order valence-corrected chi connectivity index (χ3v) is 8.93. The summed E-state index contributed by atoms with van der Waals surface area (Å²) in [6.07, 6.45) is 4.37. The second-order valence-electron chi connectivity index (χ2n) is 13.4. The third-order valence-electron chi connectivity index (χ3n) is 8.93. The van der Waals surface area contributed by atoms with Gasteiger partial charge in [-0.2, -0.15) is 0 Å². The molecule has 51 heavy (non-hydrogen) atoms. The number of carbonyl (C=O) groups excluding carboxylic acids is 4. The van der Waals surface area contributed by atoms with Gasteiger partial charge in [0.1, 0.15) is 43.2 Å². The zero-order valence-corrected chi connectivity index (χ0v) is 30.3. The van der Waals surface area contributed by atoms with Gasteiger partial charge in [-0.25, -0.2) is 9.37 Å². The van der Waals surface area contributed by atoms with Crippen LogP contribution in [0, 0.1) is 5.92 Å². The van der Waals surface area contributed by atoms with Crippen molar-refractivity contribution < 1.29 is 38.2 Å². The summed E-state index contributed by atoms with van der Waals surface area (Å²) in [5.41, 5.74) is 4.44. The lowest BCUT2D eigenvalue weighted by Crippen LogP contribution is -2.45. The molecule has 1 aliphatic carbocycles. The molecule has 0 unspecified atom stereocenters. The molecule has 11 nitrogen and oxygen atoms in total. The molecule has 5 rings (SSSR count). The molecule has 1 saturated heterocycles. The van der Waals surface area contributed by atoms with E-state index in [2.05, 4.69) is 5.32 Å². The molecule has 0 aromatic heterocycles. The Bertz CT molecular complexity index is 1960. The first kappa shape index (κ1) is 38.5. The Morgan fingerprint density at radius 3 is 2.24 bits per heavy atom. The summed E-state index contributed by atoms with van der Waals surface area (Å²) in [7, 11) is 7.92. The number of carboxylic acids is 1. The van der Waals surface area contributed by atoms with E-state index >= 15 is 0 Å². The molecule has 2 aliphatic heterocycles. The van der Waals surface area contributed by atoms with Crippen molar-refractivity contribution in [3.05, 3.63) is 71.6 Å². The van der Waals surface area contributed by atoms with Crippen LogP contribution < -0.4 is 20.1 Å². The van der Waals surface area contributed by atoms with Crippen LogP contribution in [0.5, 0.6) is 0 Å². The van der Waals surface area contributed by atoms with E-state index in [1.807, 2.05) is 86.2 Å². The van der Waals surface area contributed by atoms with Gasteiger partial charge in [0.2, 0.25) is 11.3 Å². The standard InChI is InChI=1S/C24H22N2O3.C16H25NO5/c1-25(2)15-9-11-19-21(13-15)29-22-14-16(26(3)4)10-12-20(22)23(19)17-7-5-6-8-18(17)24(27)28;1-11(18)7-5-3-4-6-8-15(20)17-10-13(19)9-14-12(2)22-16(14)21/h5-14H,1-4H3;12,14H,3-10H2,1-2H3,(H,17,20)/p+1/t;12-,14+/m.1/s1. The molecule has 11 heteroatoms. The molecule has 0 bridgehead atoms. The number of carbonyl (C=O) groups is 5. The number of amides is 1. The number of hydrogen-bond donors (Lipinski definition) is 2. The van der Waals surface area contributed by atoms with Crippen molar-refractivity contribution in [2.45, 2.75) is 64.9 Å². The first-order valence-corrected chi connectivity index (χ1v) is 17.3. The largest absolute Gasteiger partial charge is 0.478 e. The number of hydrogen-bond acceptors (Lipinski definition) is 8. The first-order chi connectivity index (χ1) is 24.3. The maximum absolute atomic E-state index is 11.9. The van der Waals surface area contributed by atoms with Gasteiger partial charge in [0, 0.05) is 67.7 Å². The molecule has 0 spiro atoms. The Labute approximate surface area is 298 Å². The van der Waals surface area contributed by atoms with Crippen molar-refractivity contribution in [1.29, 1.82) is 0 Å². The average Bonchev–Trinajstić information content (AvgIpc) is 3.09. The lowest BCUT2D eigenvalue weighted by Gasteiger charge is -2.31. The van der Waals surface area contributed by atoms with Gasteiger partial charge in [0.25, 0.3) is 0 Å². The summed E-state index contributed by atoms with van der Waals surface area (Å²) < 4.78 is 13.1. The topological polar surface area (TPSA) is 146 Å². The number of fused-ring (bicyclic) bond motifs is 2. The molecule has 0 radical (unpaired) electrons. The lowest BCUT2D eigenvalue weighted by molar-refractivity contribution is -0.183. The zero-order valence-electron chi connectivity index (χ0n) is 30.3. The van der Waals surface area contributed by atoms with Crippen LogP contribution in [-0.2, 0) is 23.9 Å². The minimum absolute atomic E-state index is 0.0281. The summed E-state index contributed by atoms with van der Waals surface area (Å²) in [6.45, 7) is 3.30. The number of ether oxygens (including phenoxy) is 1. The summed E-state index contributed by atoms with van der Waals surface area (Å²) in [5, 5.41) is 14.2. The summed E-state index contributed by atoms with van der Waals surface area (Å²) >= 11 is 0. The maximum atomic E-state index is 11.9. The number of Topliss-reactive ketones (excluding diaryl/α,β-unsaturated/α-hetero) is 2. The summed E-state index contributed by atoms with van der Waals surface area (Å²) in [5.74, 6) is -1.02. The number of unbranched alkanes of at least 4 members (excludes halogenated alkanes) is 3. The fourth-order valence-electron chi connectivity index (χ4n) is 5.94. The van der Waals surface area contributed by atoms with Crippen LogP contribution >= 0.6 is 0 Å². The Morgan fingerprint density at radius 1 is 0.902 bits per heavy atom. The fourth-order valence-corrected chi connectivity index (χ4v) is 5.94. The maximum Gasteiger partial charge on any atom is 0.336 e. The van der Waals surface area contributed by atoms with E-state index in [0.29, 0.717) is 18.4 Å². The van der Waals surface area contributed by atoms with E-state index in [1.54, 1.807) is 26.0 Å². The number of rotatable bonds is 14. The van der Waals surface area contributed by atoms with Gasteiger partial charge >= 0.3 is 11.9 Å². The normalized spacial score (nSPS) is 14.9. The number of carboxylic acid groups (broad SMARTS) is 1. The van der Waals surface area contributed by atoms with E-state index in [-0.39, 0.29) is 54.0 Å². The highest BCUT2D eigenvalue weighted by Crippen LogP contribution is 2.41. The summed E-state index contributed by atoms with van der Waals surface area (Å²) in [6, 6.07) is 19.1. The highest BCUT2D eigenvalue weighted by atomic mass is 16.6. The van der Waals surface area contributed by atoms with Crippen LogP contribution in [0.2, 0.25) is 0 Å². The number of ketones is 2. The highest BCUT2D eigenvalue weighted by molar-refractivity contribution is 6.07. The van der Waals surface area contributed by atoms with Crippen LogP contribution in [-0.4, -0.2) is 75.4 Å². The number of aromatic carboxylic acids is 1. The van der Waals surface area contributed by atoms with Crippen molar-refractivity contribution in [3.63, 3.8) is 0 Å². The molecule has 2 aromatic rings. The van der Waals surface area contributed by atoms with Crippen LogP contribution in [0.3, 0.4) is 0 Å². The molecule has 2 heterocycles. The molecule has 3 aliphatic rings. The molecule has 0 saturated carbocycles. The molecule has 270 valence electrons. The summed E-state index contributed by atoms with van der Waals surface area (Å²) in [4.78, 5) is 59.0. The monoisotopic (exact) mass is 698 g/mol. The van der Waals surface area contributed by atoms with Crippen LogP contribution in [0.4, 0.5) is 5.69 Å². The molecular weight excluding hydrogens is 650 g/mol. The molecule has 1 amide bonds. The van der Waals surface area contributed by atoms with E-state index < -0.39 is 5.97 Å². The highest BCUT2D eigenvalue weighted by Gasteiger charge is 2.40. The molecule has 2 N–H and O–H groups in total. The predicted octanol–water partition coefficient (Wildman–Crippen LogP) is 5.55. The van der Waals surface area contributed by atoms with Gasteiger partial charge in [-0.3, -0.25) is 14.4 Å². The molecule has 1 fully saturated rings. The number of nitrogens with one attached hydrogen (secondary N) is 1. The van der Waals surface area contributed by atoms with Crippen LogP contribution in [0.25, 0.3) is 33.4 Å². The lowest BCUT2D eigenvalue weighted by atomic mass is 9.90. The number of esters is 1. The van der Waals surface area contributed by atoms with Crippen LogP contribution in [0.1, 0.15) is 69.2 Å². The van der Waals surface area contributed by atoms with Crippen molar-refractivity contribution in [1.82, 2.24) is 9.89 Å². The fraction of sp³-hybridized carbons (Fsp3) is 0.400. The SMILES string of the molecule is CC(=O)CCCCCCC(=O)NCC(=O)C[C@@H]1C(=O)O[C@@H]1C.CN(C)c1ccc2c(-c3ccccc3C(=O)O)c3ccc(=[N+](C)C)cc-3oc2c1. The number of cyclic esters (lactones) is 1. The minimum Gasteiger partial charge on any atom is -0.478 e. The Morgan fingerprint density at radius 2 is 1.61 bits per heavy atom. The van der Waals surface area contributed by atoms with Crippen LogP contribution in [0.15, 0.2) is 65.1 Å². The average molecular weight is 699 g/mol. The first-order valence-electron chi connectivity index (χ1n) is 17.3. The van der Waals surface area contributed by atoms with E-state index in [4.69, 9.17) is 9.15 Å². The van der Waals surface area contributed by atoms with E-state index in [9.17, 15) is 29.1 Å². The molecule has 2 atom stereocenters. The second-order valence-corrected chi connectivity index (χ2v) is 13.4. The van der Waals surface area contributed by atoms with Gasteiger partial charge in [0.15, 0.2) is 5.78 Å². The van der Waals surface area contributed by atoms with Crippen molar-refractivity contribution in [2.75, 3.05) is 39.6 Å². The number of benzene rings is 3. The van der Waals surface area contributed by atoms with Gasteiger partial charge < -0.3 is 29.3 Å². The molecule has 2 aromatic carbocycles. The van der Waals surface area contributed by atoms with Crippen molar-refractivity contribution in [2.24, 2.45) is 5.92 Å². The smallest absolute Gasteiger partial charge is 0.336 e. The van der Waals surface area contributed by atoms with E-state index in [1.165, 1.54) is 0 Å². The third kappa shape index (κ3) is 10.1. The minimum atomic E-state index is -0.947. The van der Waals surface area contributed by atoms with Crippen molar-refractivity contribution in [3.8, 4) is 22.5 Å². The van der Waals surface area contributed by atoms with Gasteiger partial charge in [0.05, 0.1) is 18.2 Å². The van der Waals surface area contributed by atoms with Gasteiger partial charge in [-0.1, -0.05) is 31.0 Å². The number of nitrogens with zero attached hydrogens (tertiary/aromatic N) is 2. The zero-order chi connectivity index (χ0) is 37.2. The van der Waals surface area contributed by atoms with E-state index in [0.717, 1.165) is 64.6 Å². The Balaban J connectivity index is 0.000000239. The van der Waals surface area contributed by atoms with Gasteiger partial charge in [-0.15, -0.1) is 0 Å². The Kier molecular flexibility index (Phi) is 13.2.